The fourth-order valence-electron chi connectivity index (χ4n) is 1.80. The second kappa shape index (κ2) is 6.86. The van der Waals surface area contributed by atoms with Crippen molar-refractivity contribution < 1.29 is 4.79 Å². The van der Waals surface area contributed by atoms with Crippen LogP contribution in [0, 0.1) is 6.92 Å². The number of thiazole rings is 2. The van der Waals surface area contributed by atoms with Crippen LogP contribution >= 0.6 is 22.7 Å². The quantitative estimate of drug-likeness (QED) is 0.851. The van der Waals surface area contributed by atoms with E-state index < -0.39 is 0 Å². The maximum absolute atomic E-state index is 12.2. The molecule has 6 nitrogen and oxygen atoms in total. The monoisotopic (exact) mass is 325 g/mol. The lowest BCUT2D eigenvalue weighted by molar-refractivity contribution is 0.0955. The summed E-state index contributed by atoms with van der Waals surface area (Å²) < 4.78 is 0. The molecule has 3 N–H and O–H groups in total. The molecular formula is C13H19N5OS2. The smallest absolute Gasteiger partial charge is 0.265 e. The number of nitrogens with zero attached hydrogens (tertiary/aromatic N) is 3. The average molecular weight is 325 g/mol. The van der Waals surface area contributed by atoms with Crippen molar-refractivity contribution in [3.05, 3.63) is 21.0 Å². The molecule has 0 unspecified atom stereocenters. The van der Waals surface area contributed by atoms with Gasteiger partial charge in [0.1, 0.15) is 15.7 Å². The Labute approximate surface area is 132 Å². The third-order valence-electron chi connectivity index (χ3n) is 2.80. The molecule has 2 aromatic heterocycles. The molecule has 0 fully saturated rings. The van der Waals surface area contributed by atoms with Crippen molar-refractivity contribution in [1.29, 1.82) is 0 Å². The molecule has 114 valence electrons. The topological polar surface area (TPSA) is 84.1 Å². The zero-order valence-corrected chi connectivity index (χ0v) is 14.0. The van der Waals surface area contributed by atoms with Crippen molar-refractivity contribution in [2.24, 2.45) is 0 Å². The van der Waals surface area contributed by atoms with Crippen molar-refractivity contribution >= 4 is 39.5 Å². The highest BCUT2D eigenvalue weighted by Crippen LogP contribution is 2.27. The van der Waals surface area contributed by atoms with Gasteiger partial charge in [0.25, 0.3) is 5.91 Å². The standard InChI is InChI=1S/C13H19N5OS2/c1-4-5-18(3)13-17-11(14)10(21-13)12(19)16-7-9-15-6-8(2)20-9/h6H,4-5,7,14H2,1-3H3,(H,16,19). The molecule has 0 spiro atoms. The number of nitrogen functional groups attached to an aromatic ring is 1. The third kappa shape index (κ3) is 3.92. The van der Waals surface area contributed by atoms with E-state index in [-0.39, 0.29) is 11.7 Å². The number of nitrogens with one attached hydrogen (secondary N) is 1. The minimum atomic E-state index is -0.200. The normalized spacial score (nSPS) is 10.6. The number of carbonyl (C=O) groups is 1. The first-order valence-corrected chi connectivity index (χ1v) is 8.31. The lowest BCUT2D eigenvalue weighted by Crippen LogP contribution is -2.22. The molecule has 0 atom stereocenters. The molecule has 0 bridgehead atoms. The molecule has 0 radical (unpaired) electrons. The van der Waals surface area contributed by atoms with Crippen LogP contribution in [-0.4, -0.2) is 29.5 Å². The summed E-state index contributed by atoms with van der Waals surface area (Å²) in [7, 11) is 1.95. The maximum Gasteiger partial charge on any atom is 0.265 e. The van der Waals surface area contributed by atoms with E-state index in [1.807, 2.05) is 18.9 Å². The van der Waals surface area contributed by atoms with E-state index in [9.17, 15) is 4.79 Å². The predicted octanol–water partition coefficient (Wildman–Crippen LogP) is 2.27. The van der Waals surface area contributed by atoms with E-state index >= 15 is 0 Å². The highest BCUT2D eigenvalue weighted by molar-refractivity contribution is 7.18. The van der Waals surface area contributed by atoms with E-state index in [1.54, 1.807) is 17.5 Å². The van der Waals surface area contributed by atoms with Crippen LogP contribution in [0.2, 0.25) is 0 Å². The molecule has 0 saturated carbocycles. The number of rotatable bonds is 6. The number of hydrogen-bond acceptors (Lipinski definition) is 7. The fraction of sp³-hybridized carbons (Fsp3) is 0.462. The van der Waals surface area contributed by atoms with Crippen molar-refractivity contribution in [3.8, 4) is 0 Å². The Morgan fingerprint density at radius 3 is 2.86 bits per heavy atom. The Hall–Kier alpha value is -1.67. The van der Waals surface area contributed by atoms with Gasteiger partial charge in [-0.15, -0.1) is 11.3 Å². The second-order valence-corrected chi connectivity index (χ2v) is 6.98. The predicted molar refractivity (Wildman–Crippen MR) is 88.1 cm³/mol. The van der Waals surface area contributed by atoms with Gasteiger partial charge in [0.15, 0.2) is 5.13 Å². The summed E-state index contributed by atoms with van der Waals surface area (Å²) in [6, 6.07) is 0. The Morgan fingerprint density at radius 1 is 1.48 bits per heavy atom. The van der Waals surface area contributed by atoms with Gasteiger partial charge in [0.05, 0.1) is 6.54 Å². The molecule has 1 amide bonds. The first-order chi connectivity index (χ1) is 10.0. The molecule has 2 rings (SSSR count). The number of aromatic nitrogens is 2. The van der Waals surface area contributed by atoms with Gasteiger partial charge >= 0.3 is 0 Å². The van der Waals surface area contributed by atoms with Crippen LogP contribution in [0.25, 0.3) is 0 Å². The average Bonchev–Trinajstić information content (AvgIpc) is 3.02. The summed E-state index contributed by atoms with van der Waals surface area (Å²) in [6.45, 7) is 5.37. The molecule has 0 aliphatic rings. The van der Waals surface area contributed by atoms with Gasteiger partial charge in [0.2, 0.25) is 0 Å². The van der Waals surface area contributed by atoms with E-state index in [1.165, 1.54) is 11.3 Å². The number of carbonyl (C=O) groups excluding carboxylic acids is 1. The number of anilines is 2. The molecule has 2 heterocycles. The number of aryl methyl sites for hydroxylation is 1. The summed E-state index contributed by atoms with van der Waals surface area (Å²) >= 11 is 2.89. The van der Waals surface area contributed by atoms with Gasteiger partial charge in [-0.3, -0.25) is 4.79 Å². The summed E-state index contributed by atoms with van der Waals surface area (Å²) in [5, 5.41) is 4.48. The Morgan fingerprint density at radius 2 is 2.24 bits per heavy atom. The molecule has 0 aliphatic heterocycles. The van der Waals surface area contributed by atoms with E-state index in [0.717, 1.165) is 28.0 Å². The van der Waals surface area contributed by atoms with Crippen LogP contribution in [0.3, 0.4) is 0 Å². The molecule has 0 aliphatic carbocycles. The van der Waals surface area contributed by atoms with Crippen LogP contribution in [0.4, 0.5) is 10.9 Å². The number of nitrogens with two attached hydrogens (primary N) is 1. The molecule has 21 heavy (non-hydrogen) atoms. The lowest BCUT2D eigenvalue weighted by Gasteiger charge is -2.13. The highest BCUT2D eigenvalue weighted by atomic mass is 32.1. The van der Waals surface area contributed by atoms with Gasteiger partial charge in [-0.25, -0.2) is 9.97 Å². The molecule has 8 heteroatoms. The van der Waals surface area contributed by atoms with Crippen LogP contribution in [0.5, 0.6) is 0 Å². The Kier molecular flexibility index (Phi) is 5.13. The van der Waals surface area contributed by atoms with Gasteiger partial charge in [-0.05, 0) is 13.3 Å². The van der Waals surface area contributed by atoms with Crippen LogP contribution in [-0.2, 0) is 6.54 Å². The van der Waals surface area contributed by atoms with Crippen molar-refractivity contribution in [2.75, 3.05) is 24.2 Å². The summed E-state index contributed by atoms with van der Waals surface area (Å²) in [5.41, 5.74) is 5.85. The largest absolute Gasteiger partial charge is 0.382 e. The summed E-state index contributed by atoms with van der Waals surface area (Å²) in [4.78, 5) is 24.2. The number of amides is 1. The van der Waals surface area contributed by atoms with E-state index in [4.69, 9.17) is 5.73 Å². The van der Waals surface area contributed by atoms with Gasteiger partial charge < -0.3 is 16.0 Å². The zero-order valence-electron chi connectivity index (χ0n) is 12.3. The highest BCUT2D eigenvalue weighted by Gasteiger charge is 2.18. The third-order valence-corrected chi connectivity index (χ3v) is 4.90. The minimum Gasteiger partial charge on any atom is -0.382 e. The van der Waals surface area contributed by atoms with Gasteiger partial charge in [-0.1, -0.05) is 18.3 Å². The van der Waals surface area contributed by atoms with Crippen molar-refractivity contribution in [2.45, 2.75) is 26.8 Å². The second-order valence-electron chi connectivity index (χ2n) is 4.68. The Balaban J connectivity index is 2.02. The number of hydrogen-bond donors (Lipinski definition) is 2. The van der Waals surface area contributed by atoms with E-state index in [2.05, 4.69) is 22.2 Å². The van der Waals surface area contributed by atoms with Gasteiger partial charge in [0, 0.05) is 24.7 Å². The summed E-state index contributed by atoms with van der Waals surface area (Å²) in [5.74, 6) is 0.0831. The minimum absolute atomic E-state index is 0.200. The summed E-state index contributed by atoms with van der Waals surface area (Å²) in [6.07, 6.45) is 2.81. The first kappa shape index (κ1) is 15.7. The zero-order chi connectivity index (χ0) is 15.4. The first-order valence-electron chi connectivity index (χ1n) is 6.68. The fourth-order valence-corrected chi connectivity index (χ4v) is 3.41. The van der Waals surface area contributed by atoms with Crippen LogP contribution in [0.15, 0.2) is 6.20 Å². The Bertz CT molecular complexity index is 622. The van der Waals surface area contributed by atoms with E-state index in [0.29, 0.717) is 11.4 Å². The van der Waals surface area contributed by atoms with Crippen LogP contribution in [0.1, 0.15) is 32.9 Å². The molecular weight excluding hydrogens is 306 g/mol. The molecule has 0 saturated heterocycles. The van der Waals surface area contributed by atoms with Crippen molar-refractivity contribution in [3.63, 3.8) is 0 Å². The van der Waals surface area contributed by atoms with Crippen LogP contribution < -0.4 is 16.0 Å². The van der Waals surface area contributed by atoms with Gasteiger partial charge in [-0.2, -0.15) is 0 Å². The SMILES string of the molecule is CCCN(C)c1nc(N)c(C(=O)NCc2ncc(C)s2)s1. The molecule has 2 aromatic rings. The maximum atomic E-state index is 12.2. The van der Waals surface area contributed by atoms with Crippen molar-refractivity contribution in [1.82, 2.24) is 15.3 Å². The molecule has 0 aromatic carbocycles. The lowest BCUT2D eigenvalue weighted by atomic mass is 10.4.